The number of aromatic amines is 1. The molecule has 0 aliphatic carbocycles. The van der Waals surface area contributed by atoms with E-state index in [0.717, 1.165) is 5.52 Å². The molecule has 2 N–H and O–H groups in total. The van der Waals surface area contributed by atoms with Gasteiger partial charge in [0.25, 0.3) is 0 Å². The van der Waals surface area contributed by atoms with Gasteiger partial charge in [0, 0.05) is 48.8 Å². The van der Waals surface area contributed by atoms with Crippen molar-refractivity contribution in [2.24, 2.45) is 0 Å². The van der Waals surface area contributed by atoms with Gasteiger partial charge >= 0.3 is 5.97 Å². The molecule has 0 unspecified atom stereocenters. The molecule has 1 atom stereocenters. The first kappa shape index (κ1) is 19.9. The quantitative estimate of drug-likeness (QED) is 0.645. The van der Waals surface area contributed by atoms with Crippen LogP contribution >= 0.6 is 11.6 Å². The molecule has 0 bridgehead atoms. The van der Waals surface area contributed by atoms with Crippen LogP contribution in [-0.4, -0.2) is 59.9 Å². The molecule has 29 heavy (non-hydrogen) atoms. The number of aromatic nitrogens is 1. The zero-order valence-corrected chi connectivity index (χ0v) is 17.0. The van der Waals surface area contributed by atoms with Gasteiger partial charge in [0.2, 0.25) is 10.0 Å². The number of benzene rings is 2. The van der Waals surface area contributed by atoms with Crippen LogP contribution in [0.2, 0.25) is 5.02 Å². The van der Waals surface area contributed by atoms with Crippen molar-refractivity contribution in [3.05, 3.63) is 65.3 Å². The summed E-state index contributed by atoms with van der Waals surface area (Å²) in [5.74, 6) is -0.995. The molecule has 152 valence electrons. The fraction of sp³-hybridized carbons (Fsp3) is 0.250. The SMILES string of the molecule is O=C(O)[C@@H](c1c[nH]c2cccc(Cl)c12)N1CCN(S(=O)(=O)c2ccccc2)CC1. The average molecular weight is 434 g/mol. The summed E-state index contributed by atoms with van der Waals surface area (Å²) >= 11 is 6.32. The van der Waals surface area contributed by atoms with E-state index in [1.807, 2.05) is 6.07 Å². The molecule has 0 saturated carbocycles. The van der Waals surface area contributed by atoms with Gasteiger partial charge in [-0.3, -0.25) is 9.69 Å². The van der Waals surface area contributed by atoms with E-state index in [1.54, 1.807) is 53.6 Å². The number of rotatable bonds is 5. The Kier molecular flexibility index (Phi) is 5.35. The highest BCUT2D eigenvalue weighted by Crippen LogP contribution is 2.34. The zero-order valence-electron chi connectivity index (χ0n) is 15.5. The predicted octanol–water partition coefficient (Wildman–Crippen LogP) is 2.95. The van der Waals surface area contributed by atoms with E-state index >= 15 is 0 Å². The maximum atomic E-state index is 12.8. The van der Waals surface area contributed by atoms with E-state index in [9.17, 15) is 18.3 Å². The molecule has 9 heteroatoms. The Bertz CT molecular complexity index is 1140. The predicted molar refractivity (Wildman–Crippen MR) is 110 cm³/mol. The molecule has 7 nitrogen and oxygen atoms in total. The molecule has 1 aliphatic rings. The summed E-state index contributed by atoms with van der Waals surface area (Å²) in [6.07, 6.45) is 1.67. The first-order valence-corrected chi connectivity index (χ1v) is 11.0. The monoisotopic (exact) mass is 433 g/mol. The van der Waals surface area contributed by atoms with E-state index in [0.29, 0.717) is 29.1 Å². The number of hydrogen-bond acceptors (Lipinski definition) is 4. The Hall–Kier alpha value is -2.39. The van der Waals surface area contributed by atoms with Crippen LogP contribution in [0.15, 0.2) is 59.6 Å². The molecule has 0 amide bonds. The molecular weight excluding hydrogens is 414 g/mol. The van der Waals surface area contributed by atoms with Gasteiger partial charge in [0.15, 0.2) is 0 Å². The van der Waals surface area contributed by atoms with Crippen molar-refractivity contribution >= 4 is 38.5 Å². The number of sulfonamides is 1. The van der Waals surface area contributed by atoms with Gasteiger partial charge in [-0.2, -0.15) is 4.31 Å². The summed E-state index contributed by atoms with van der Waals surface area (Å²) in [4.78, 5) is 17.2. The second kappa shape index (κ2) is 7.79. The van der Waals surface area contributed by atoms with Crippen LogP contribution in [0.5, 0.6) is 0 Å². The van der Waals surface area contributed by atoms with Crippen molar-refractivity contribution in [1.82, 2.24) is 14.2 Å². The number of aliphatic carboxylic acids is 1. The minimum atomic E-state index is -3.59. The Morgan fingerprint density at radius 3 is 2.38 bits per heavy atom. The highest BCUT2D eigenvalue weighted by atomic mass is 35.5. The molecule has 0 spiro atoms. The standard InChI is InChI=1S/C20H20ClN3O4S/c21-16-7-4-8-17-18(16)15(13-22-17)19(20(25)26)23-9-11-24(12-10-23)29(27,28)14-5-2-1-3-6-14/h1-8,13,19,22H,9-12H2,(H,25,26)/t19-/m1/s1. The summed E-state index contributed by atoms with van der Waals surface area (Å²) in [5.41, 5.74) is 1.35. The van der Waals surface area contributed by atoms with Crippen LogP contribution in [0.1, 0.15) is 11.6 Å². The molecule has 3 aromatic rings. The second-order valence-electron chi connectivity index (χ2n) is 6.90. The van der Waals surface area contributed by atoms with E-state index in [4.69, 9.17) is 11.6 Å². The van der Waals surface area contributed by atoms with Crippen molar-refractivity contribution in [2.45, 2.75) is 10.9 Å². The third-order valence-corrected chi connectivity index (χ3v) is 7.46. The van der Waals surface area contributed by atoms with Gasteiger partial charge in [0.1, 0.15) is 6.04 Å². The van der Waals surface area contributed by atoms with E-state index < -0.39 is 22.0 Å². The lowest BCUT2D eigenvalue weighted by atomic mass is 10.0. The third kappa shape index (κ3) is 3.64. The van der Waals surface area contributed by atoms with Crippen molar-refractivity contribution in [1.29, 1.82) is 0 Å². The van der Waals surface area contributed by atoms with Crippen LogP contribution in [0.3, 0.4) is 0 Å². The Balaban J connectivity index is 1.58. The van der Waals surface area contributed by atoms with Gasteiger partial charge in [-0.05, 0) is 24.3 Å². The molecule has 1 aromatic heterocycles. The first-order valence-electron chi connectivity index (χ1n) is 9.17. The van der Waals surface area contributed by atoms with Gasteiger partial charge < -0.3 is 10.1 Å². The molecule has 1 aliphatic heterocycles. The maximum Gasteiger partial charge on any atom is 0.325 e. The number of carboxylic acids is 1. The first-order chi connectivity index (χ1) is 13.9. The Morgan fingerprint density at radius 2 is 1.72 bits per heavy atom. The average Bonchev–Trinajstić information content (AvgIpc) is 3.14. The van der Waals surface area contributed by atoms with Crippen LogP contribution in [0.4, 0.5) is 0 Å². The summed E-state index contributed by atoms with van der Waals surface area (Å²) in [7, 11) is -3.59. The molecule has 1 fully saturated rings. The zero-order chi connectivity index (χ0) is 20.6. The number of nitrogens with one attached hydrogen (secondary N) is 1. The summed E-state index contributed by atoms with van der Waals surface area (Å²) in [6.45, 7) is 1.05. The largest absolute Gasteiger partial charge is 0.480 e. The highest BCUT2D eigenvalue weighted by molar-refractivity contribution is 7.89. The number of hydrogen-bond donors (Lipinski definition) is 2. The minimum absolute atomic E-state index is 0.219. The Labute approximate surface area is 173 Å². The van der Waals surface area contributed by atoms with Crippen molar-refractivity contribution in [2.75, 3.05) is 26.2 Å². The van der Waals surface area contributed by atoms with Crippen LogP contribution in [0, 0.1) is 0 Å². The van der Waals surface area contributed by atoms with Crippen molar-refractivity contribution in [3.8, 4) is 0 Å². The molecule has 2 aromatic carbocycles. The van der Waals surface area contributed by atoms with Gasteiger partial charge in [-0.15, -0.1) is 0 Å². The van der Waals surface area contributed by atoms with E-state index in [-0.39, 0.29) is 18.0 Å². The fourth-order valence-electron chi connectivity index (χ4n) is 3.81. The minimum Gasteiger partial charge on any atom is -0.480 e. The Morgan fingerprint density at radius 1 is 1.03 bits per heavy atom. The summed E-state index contributed by atoms with van der Waals surface area (Å²) < 4.78 is 27.0. The number of H-pyrrole nitrogens is 1. The van der Waals surface area contributed by atoms with Gasteiger partial charge in [-0.1, -0.05) is 35.9 Å². The number of carbonyl (C=O) groups is 1. The highest BCUT2D eigenvalue weighted by Gasteiger charge is 2.35. The van der Waals surface area contributed by atoms with Gasteiger partial charge in [-0.25, -0.2) is 8.42 Å². The van der Waals surface area contributed by atoms with Crippen LogP contribution in [0.25, 0.3) is 10.9 Å². The molecular formula is C20H20ClN3O4S. The van der Waals surface area contributed by atoms with Crippen molar-refractivity contribution < 1.29 is 18.3 Å². The second-order valence-corrected chi connectivity index (χ2v) is 9.25. The topological polar surface area (TPSA) is 93.7 Å². The lowest BCUT2D eigenvalue weighted by Gasteiger charge is -2.37. The molecule has 4 rings (SSSR count). The lowest BCUT2D eigenvalue weighted by Crippen LogP contribution is -2.50. The van der Waals surface area contributed by atoms with Crippen LogP contribution in [-0.2, 0) is 14.8 Å². The van der Waals surface area contributed by atoms with Crippen molar-refractivity contribution in [3.63, 3.8) is 0 Å². The number of carboxylic acid groups (broad SMARTS) is 1. The lowest BCUT2D eigenvalue weighted by molar-refractivity contribution is -0.144. The molecule has 0 radical (unpaired) electrons. The maximum absolute atomic E-state index is 12.8. The fourth-order valence-corrected chi connectivity index (χ4v) is 5.54. The molecule has 1 saturated heterocycles. The normalized spacial score (nSPS) is 17.4. The number of piperazine rings is 1. The van der Waals surface area contributed by atoms with E-state index in [2.05, 4.69) is 4.98 Å². The summed E-state index contributed by atoms with van der Waals surface area (Å²) in [5, 5.41) is 11.1. The van der Waals surface area contributed by atoms with Gasteiger partial charge in [0.05, 0.1) is 9.92 Å². The van der Waals surface area contributed by atoms with Crippen LogP contribution < -0.4 is 0 Å². The summed E-state index contributed by atoms with van der Waals surface area (Å²) in [6, 6.07) is 12.7. The third-order valence-electron chi connectivity index (χ3n) is 5.23. The number of nitrogens with zero attached hydrogens (tertiary/aromatic N) is 2. The smallest absolute Gasteiger partial charge is 0.325 e. The number of halogens is 1. The van der Waals surface area contributed by atoms with E-state index in [1.165, 1.54) is 4.31 Å². The number of fused-ring (bicyclic) bond motifs is 1. The molecule has 2 heterocycles.